The summed E-state index contributed by atoms with van der Waals surface area (Å²) in [4.78, 5) is 15.0. The minimum Gasteiger partial charge on any atom is -0.497 e. The summed E-state index contributed by atoms with van der Waals surface area (Å²) in [6.07, 6.45) is 0.972. The average Bonchev–Trinajstić information content (AvgIpc) is 2.80. The van der Waals surface area contributed by atoms with Gasteiger partial charge in [0, 0.05) is 30.6 Å². The van der Waals surface area contributed by atoms with Crippen LogP contribution in [0.3, 0.4) is 0 Å². The van der Waals surface area contributed by atoms with E-state index < -0.39 is 10.0 Å². The SMILES string of the molecule is COc1ccc(S(=O)(=O)N2CCC(C(=O)NC[C@@H](c3ccccc3Cl)N(C)C)CC2)cc1. The Morgan fingerprint density at radius 3 is 2.34 bits per heavy atom. The third kappa shape index (κ3) is 5.61. The first-order chi connectivity index (χ1) is 15.2. The number of rotatable bonds is 8. The first kappa shape index (κ1) is 24.5. The molecule has 1 saturated heterocycles. The van der Waals surface area contributed by atoms with Crippen molar-refractivity contribution >= 4 is 27.5 Å². The molecule has 0 radical (unpaired) electrons. The number of halogens is 1. The molecule has 7 nitrogen and oxygen atoms in total. The number of piperidine rings is 1. The van der Waals surface area contributed by atoms with E-state index in [1.807, 2.05) is 43.3 Å². The summed E-state index contributed by atoms with van der Waals surface area (Å²) < 4.78 is 32.4. The Balaban J connectivity index is 1.57. The maximum Gasteiger partial charge on any atom is 0.243 e. The number of amides is 1. The van der Waals surface area contributed by atoms with Gasteiger partial charge in [0.15, 0.2) is 0 Å². The molecule has 9 heteroatoms. The van der Waals surface area contributed by atoms with Gasteiger partial charge in [0.2, 0.25) is 15.9 Å². The van der Waals surface area contributed by atoms with E-state index in [4.69, 9.17) is 16.3 Å². The molecule has 0 unspecified atom stereocenters. The number of benzene rings is 2. The van der Waals surface area contributed by atoms with Gasteiger partial charge in [0.25, 0.3) is 0 Å². The molecule has 1 amide bonds. The van der Waals surface area contributed by atoms with Gasteiger partial charge in [0.05, 0.1) is 18.0 Å². The Labute approximate surface area is 195 Å². The molecule has 32 heavy (non-hydrogen) atoms. The van der Waals surface area contributed by atoms with E-state index in [9.17, 15) is 13.2 Å². The number of likely N-dealkylation sites (N-methyl/N-ethyl adjacent to an activating group) is 1. The van der Waals surface area contributed by atoms with Crippen LogP contribution < -0.4 is 10.1 Å². The van der Waals surface area contributed by atoms with E-state index in [0.29, 0.717) is 43.2 Å². The van der Waals surface area contributed by atoms with Gasteiger partial charge in [0.1, 0.15) is 5.75 Å². The fourth-order valence-electron chi connectivity index (χ4n) is 3.91. The number of carbonyl (C=O) groups is 1. The van der Waals surface area contributed by atoms with Crippen molar-refractivity contribution in [1.29, 1.82) is 0 Å². The van der Waals surface area contributed by atoms with E-state index >= 15 is 0 Å². The van der Waals surface area contributed by atoms with Crippen LogP contribution in [-0.2, 0) is 14.8 Å². The van der Waals surface area contributed by atoms with Crippen LogP contribution in [0.25, 0.3) is 0 Å². The highest BCUT2D eigenvalue weighted by Crippen LogP contribution is 2.27. The fourth-order valence-corrected chi connectivity index (χ4v) is 5.64. The van der Waals surface area contributed by atoms with Crippen molar-refractivity contribution in [3.63, 3.8) is 0 Å². The lowest BCUT2D eigenvalue weighted by Gasteiger charge is -2.31. The lowest BCUT2D eigenvalue weighted by Crippen LogP contribution is -2.44. The van der Waals surface area contributed by atoms with Crippen molar-refractivity contribution in [2.75, 3.05) is 40.8 Å². The maximum atomic E-state index is 12.9. The molecule has 0 aromatic heterocycles. The van der Waals surface area contributed by atoms with Crippen LogP contribution >= 0.6 is 11.6 Å². The van der Waals surface area contributed by atoms with Crippen LogP contribution in [0.2, 0.25) is 5.02 Å². The molecular weight excluding hydrogens is 450 g/mol. The van der Waals surface area contributed by atoms with Gasteiger partial charge in [-0.1, -0.05) is 29.8 Å². The molecule has 1 N–H and O–H groups in total. The summed E-state index contributed by atoms with van der Waals surface area (Å²) in [6, 6.07) is 13.9. The molecule has 2 aromatic carbocycles. The molecular formula is C23H30ClN3O4S. The summed E-state index contributed by atoms with van der Waals surface area (Å²) in [7, 11) is 1.84. The minimum atomic E-state index is -3.59. The lowest BCUT2D eigenvalue weighted by atomic mass is 9.97. The summed E-state index contributed by atoms with van der Waals surface area (Å²) in [5.74, 6) is 0.337. The molecule has 0 saturated carbocycles. The van der Waals surface area contributed by atoms with Crippen molar-refractivity contribution in [1.82, 2.24) is 14.5 Å². The van der Waals surface area contributed by atoms with E-state index in [1.54, 1.807) is 24.3 Å². The third-order valence-corrected chi connectivity index (χ3v) is 8.14. The molecule has 1 atom stereocenters. The first-order valence-electron chi connectivity index (χ1n) is 10.6. The molecule has 2 aromatic rings. The first-order valence-corrected chi connectivity index (χ1v) is 12.4. The summed E-state index contributed by atoms with van der Waals surface area (Å²) in [6.45, 7) is 1.06. The Morgan fingerprint density at radius 2 is 1.78 bits per heavy atom. The Hall–Kier alpha value is -2.13. The predicted molar refractivity (Wildman–Crippen MR) is 125 cm³/mol. The monoisotopic (exact) mass is 479 g/mol. The van der Waals surface area contributed by atoms with Crippen LogP contribution in [0.1, 0.15) is 24.4 Å². The summed E-state index contributed by atoms with van der Waals surface area (Å²) in [5.41, 5.74) is 0.958. The van der Waals surface area contributed by atoms with Gasteiger partial charge < -0.3 is 15.0 Å². The molecule has 1 aliphatic heterocycles. The maximum absolute atomic E-state index is 12.9. The Bertz CT molecular complexity index is 1020. The Morgan fingerprint density at radius 1 is 1.16 bits per heavy atom. The van der Waals surface area contributed by atoms with Crippen molar-refractivity contribution in [3.05, 3.63) is 59.1 Å². The molecule has 1 fully saturated rings. The number of carbonyl (C=O) groups excluding carboxylic acids is 1. The van der Waals surface area contributed by atoms with E-state index in [-0.39, 0.29) is 22.8 Å². The van der Waals surface area contributed by atoms with Crippen LogP contribution in [0.4, 0.5) is 0 Å². The normalized spacial score (nSPS) is 16.7. The quantitative estimate of drug-likeness (QED) is 0.629. The number of sulfonamides is 1. The van der Waals surface area contributed by atoms with Gasteiger partial charge in [-0.3, -0.25) is 4.79 Å². The van der Waals surface area contributed by atoms with Crippen LogP contribution in [0.5, 0.6) is 5.75 Å². The largest absolute Gasteiger partial charge is 0.497 e. The topological polar surface area (TPSA) is 79.0 Å². The zero-order valence-corrected chi connectivity index (χ0v) is 20.2. The van der Waals surface area contributed by atoms with E-state index in [2.05, 4.69) is 5.32 Å². The number of hydrogen-bond donors (Lipinski definition) is 1. The standard InChI is InChI=1S/C23H30ClN3O4S/c1-26(2)22(20-6-4-5-7-21(20)24)16-25-23(28)17-12-14-27(15-13-17)32(29,30)19-10-8-18(31-3)9-11-19/h4-11,17,22H,12-16H2,1-3H3,(H,25,28)/t22-/m0/s1. The fraction of sp³-hybridized carbons (Fsp3) is 0.435. The van der Waals surface area contributed by atoms with Crippen LogP contribution in [-0.4, -0.2) is 64.4 Å². The number of nitrogens with zero attached hydrogens (tertiary/aromatic N) is 2. The highest BCUT2D eigenvalue weighted by Gasteiger charge is 2.32. The third-order valence-electron chi connectivity index (χ3n) is 5.88. The van der Waals surface area contributed by atoms with E-state index in [1.165, 1.54) is 11.4 Å². The second kappa shape index (κ2) is 10.7. The number of ether oxygens (including phenoxy) is 1. The van der Waals surface area contributed by atoms with Gasteiger partial charge >= 0.3 is 0 Å². The smallest absolute Gasteiger partial charge is 0.243 e. The highest BCUT2D eigenvalue weighted by atomic mass is 35.5. The molecule has 174 valence electrons. The highest BCUT2D eigenvalue weighted by molar-refractivity contribution is 7.89. The van der Waals surface area contributed by atoms with Crippen molar-refractivity contribution in [2.45, 2.75) is 23.8 Å². The number of methoxy groups -OCH3 is 1. The molecule has 3 rings (SSSR count). The van der Waals surface area contributed by atoms with Crippen LogP contribution in [0.15, 0.2) is 53.4 Å². The van der Waals surface area contributed by atoms with Gasteiger partial charge in [-0.2, -0.15) is 4.31 Å². The van der Waals surface area contributed by atoms with Gasteiger partial charge in [-0.15, -0.1) is 0 Å². The van der Waals surface area contributed by atoms with Crippen molar-refractivity contribution < 1.29 is 17.9 Å². The molecule has 0 bridgehead atoms. The summed E-state index contributed by atoms with van der Waals surface area (Å²) in [5, 5.41) is 3.70. The van der Waals surface area contributed by atoms with Gasteiger partial charge in [-0.25, -0.2) is 8.42 Å². The van der Waals surface area contributed by atoms with Crippen LogP contribution in [0, 0.1) is 5.92 Å². The second-order valence-electron chi connectivity index (χ2n) is 8.10. The number of nitrogens with one attached hydrogen (secondary N) is 1. The Kier molecular flexibility index (Phi) is 8.16. The zero-order valence-electron chi connectivity index (χ0n) is 18.6. The van der Waals surface area contributed by atoms with Crippen molar-refractivity contribution in [3.8, 4) is 5.75 Å². The lowest BCUT2D eigenvalue weighted by molar-refractivity contribution is -0.126. The minimum absolute atomic E-state index is 0.0506. The van der Waals surface area contributed by atoms with Gasteiger partial charge in [-0.05, 0) is 62.8 Å². The molecule has 0 aliphatic carbocycles. The predicted octanol–water partition coefficient (Wildman–Crippen LogP) is 3.17. The molecule has 1 aliphatic rings. The molecule has 0 spiro atoms. The van der Waals surface area contributed by atoms with E-state index in [0.717, 1.165) is 5.56 Å². The van der Waals surface area contributed by atoms with Crippen molar-refractivity contribution in [2.24, 2.45) is 5.92 Å². The zero-order chi connectivity index (χ0) is 23.3. The second-order valence-corrected chi connectivity index (χ2v) is 10.4. The number of hydrogen-bond acceptors (Lipinski definition) is 5. The molecule has 1 heterocycles. The summed E-state index contributed by atoms with van der Waals surface area (Å²) >= 11 is 6.34. The average molecular weight is 480 g/mol.